The lowest BCUT2D eigenvalue weighted by Crippen LogP contribution is -2.20. The smallest absolute Gasteiger partial charge is 0.252 e. The Bertz CT molecular complexity index is 441. The summed E-state index contributed by atoms with van der Waals surface area (Å²) in [4.78, 5) is 22.8. The number of hydrogen-bond donors (Lipinski definition) is 3. The van der Waals surface area contributed by atoms with E-state index in [1.165, 1.54) is 0 Å². The third-order valence-electron chi connectivity index (χ3n) is 2.21. The maximum absolute atomic E-state index is 11.6. The maximum Gasteiger partial charge on any atom is 0.252 e. The fourth-order valence-electron chi connectivity index (χ4n) is 1.52. The molecule has 2 amide bonds. The van der Waals surface area contributed by atoms with E-state index >= 15 is 0 Å². The van der Waals surface area contributed by atoms with Crippen LogP contribution in [-0.2, 0) is 4.79 Å². The molecule has 0 aliphatic heterocycles. The number of nitrogens with one attached hydrogen (secondary N) is 1. The van der Waals surface area contributed by atoms with Gasteiger partial charge in [0.15, 0.2) is 0 Å². The van der Waals surface area contributed by atoms with Gasteiger partial charge in [-0.3, -0.25) is 9.59 Å². The lowest BCUT2D eigenvalue weighted by atomic mass is 10.1. The topological polar surface area (TPSA) is 98.2 Å². The predicted molar refractivity (Wildman–Crippen MR) is 67.5 cm³/mol. The number of nitrogens with two attached hydrogens (primary N) is 2. The second-order valence-corrected chi connectivity index (χ2v) is 4.28. The van der Waals surface area contributed by atoms with Crippen LogP contribution in [-0.4, -0.2) is 11.8 Å². The van der Waals surface area contributed by atoms with Crippen LogP contribution < -0.4 is 16.8 Å². The zero-order valence-electron chi connectivity index (χ0n) is 9.99. The van der Waals surface area contributed by atoms with E-state index in [9.17, 15) is 9.59 Å². The van der Waals surface area contributed by atoms with Gasteiger partial charge >= 0.3 is 0 Å². The summed E-state index contributed by atoms with van der Waals surface area (Å²) in [7, 11) is 0. The largest absolute Gasteiger partial charge is 0.398 e. The molecule has 0 unspecified atom stereocenters. The van der Waals surface area contributed by atoms with Crippen molar-refractivity contribution < 1.29 is 9.59 Å². The van der Waals surface area contributed by atoms with Crippen molar-refractivity contribution in [1.82, 2.24) is 0 Å². The van der Waals surface area contributed by atoms with E-state index in [4.69, 9.17) is 11.5 Å². The molecule has 0 radical (unpaired) electrons. The van der Waals surface area contributed by atoms with Crippen molar-refractivity contribution in [2.24, 2.45) is 11.7 Å². The van der Waals surface area contributed by atoms with Crippen molar-refractivity contribution in [3.63, 3.8) is 0 Å². The van der Waals surface area contributed by atoms with Gasteiger partial charge in [-0.2, -0.15) is 0 Å². The molecule has 0 fully saturated rings. The number of rotatable bonds is 4. The van der Waals surface area contributed by atoms with Crippen molar-refractivity contribution in [3.05, 3.63) is 23.8 Å². The first-order chi connectivity index (χ1) is 7.91. The van der Waals surface area contributed by atoms with Gasteiger partial charge in [-0.1, -0.05) is 19.9 Å². The van der Waals surface area contributed by atoms with Gasteiger partial charge in [0.2, 0.25) is 5.91 Å². The van der Waals surface area contributed by atoms with Crippen molar-refractivity contribution in [1.29, 1.82) is 0 Å². The van der Waals surface area contributed by atoms with E-state index in [0.29, 0.717) is 12.1 Å². The predicted octanol–water partition coefficient (Wildman–Crippen LogP) is 1.35. The van der Waals surface area contributed by atoms with Crippen LogP contribution in [0.2, 0.25) is 0 Å². The number of hydrogen-bond acceptors (Lipinski definition) is 3. The Morgan fingerprint density at radius 1 is 1.35 bits per heavy atom. The fraction of sp³-hybridized carbons (Fsp3) is 0.333. The summed E-state index contributed by atoms with van der Waals surface area (Å²) in [6.45, 7) is 3.88. The van der Waals surface area contributed by atoms with E-state index < -0.39 is 5.91 Å². The van der Waals surface area contributed by atoms with Gasteiger partial charge in [0.05, 0.1) is 11.3 Å². The molecule has 0 saturated heterocycles. The molecular formula is C12H17N3O2. The molecule has 0 heterocycles. The lowest BCUT2D eigenvalue weighted by Gasteiger charge is -2.11. The van der Waals surface area contributed by atoms with E-state index in [1.807, 2.05) is 13.8 Å². The molecule has 1 aromatic carbocycles. The van der Waals surface area contributed by atoms with E-state index in [-0.39, 0.29) is 23.1 Å². The molecule has 0 saturated carbocycles. The normalized spacial score (nSPS) is 10.3. The standard InChI is InChI=1S/C12H17N3O2/c1-7(2)6-10(16)15-9-5-3-4-8(13)11(9)12(14)17/h3-5,7H,6,13H2,1-2H3,(H2,14,17)(H,15,16). The minimum absolute atomic E-state index is 0.157. The first-order valence-corrected chi connectivity index (χ1v) is 5.40. The Kier molecular flexibility index (Phi) is 4.09. The summed E-state index contributed by atoms with van der Waals surface area (Å²) in [5, 5.41) is 2.64. The molecule has 0 aliphatic carbocycles. The second kappa shape index (κ2) is 5.34. The van der Waals surface area contributed by atoms with Gasteiger partial charge in [0, 0.05) is 12.1 Å². The summed E-state index contributed by atoms with van der Waals surface area (Å²) in [6, 6.07) is 4.83. The summed E-state index contributed by atoms with van der Waals surface area (Å²) in [5.41, 5.74) is 11.7. The third-order valence-corrected chi connectivity index (χ3v) is 2.21. The molecule has 0 bridgehead atoms. The van der Waals surface area contributed by atoms with E-state index in [2.05, 4.69) is 5.32 Å². The SMILES string of the molecule is CC(C)CC(=O)Nc1cccc(N)c1C(N)=O. The fourth-order valence-corrected chi connectivity index (χ4v) is 1.52. The highest BCUT2D eigenvalue weighted by Gasteiger charge is 2.14. The Morgan fingerprint density at radius 2 is 2.00 bits per heavy atom. The average molecular weight is 235 g/mol. The number of nitrogen functional groups attached to an aromatic ring is 1. The number of primary amides is 1. The molecule has 5 heteroatoms. The lowest BCUT2D eigenvalue weighted by molar-refractivity contribution is -0.116. The number of anilines is 2. The van der Waals surface area contributed by atoms with E-state index in [0.717, 1.165) is 0 Å². The minimum Gasteiger partial charge on any atom is -0.398 e. The molecule has 0 spiro atoms. The zero-order chi connectivity index (χ0) is 13.0. The van der Waals surface area contributed by atoms with Gasteiger partial charge in [0.1, 0.15) is 0 Å². The summed E-state index contributed by atoms with van der Waals surface area (Å²) < 4.78 is 0. The monoisotopic (exact) mass is 235 g/mol. The Morgan fingerprint density at radius 3 is 2.53 bits per heavy atom. The molecule has 1 aromatic rings. The average Bonchev–Trinajstić information content (AvgIpc) is 2.15. The molecule has 92 valence electrons. The van der Waals surface area contributed by atoms with Crippen LogP contribution in [0.1, 0.15) is 30.6 Å². The highest BCUT2D eigenvalue weighted by atomic mass is 16.2. The van der Waals surface area contributed by atoms with Crippen LogP contribution in [0.4, 0.5) is 11.4 Å². The Balaban J connectivity index is 2.95. The molecule has 5 nitrogen and oxygen atoms in total. The summed E-state index contributed by atoms with van der Waals surface area (Å²) in [5.74, 6) is -0.566. The quantitative estimate of drug-likeness (QED) is 0.687. The molecule has 0 aliphatic rings. The van der Waals surface area contributed by atoms with Crippen molar-refractivity contribution in [2.75, 3.05) is 11.1 Å². The van der Waals surface area contributed by atoms with Crippen LogP contribution in [0, 0.1) is 5.92 Å². The highest BCUT2D eigenvalue weighted by molar-refractivity contribution is 6.06. The van der Waals surface area contributed by atoms with Gasteiger partial charge in [-0.05, 0) is 18.1 Å². The first kappa shape index (κ1) is 13.0. The van der Waals surface area contributed by atoms with Crippen molar-refractivity contribution >= 4 is 23.2 Å². The molecule has 0 aromatic heterocycles. The number of carbonyl (C=O) groups is 2. The molecule has 17 heavy (non-hydrogen) atoms. The van der Waals surface area contributed by atoms with Crippen LogP contribution in [0.25, 0.3) is 0 Å². The van der Waals surface area contributed by atoms with Gasteiger partial charge < -0.3 is 16.8 Å². The first-order valence-electron chi connectivity index (χ1n) is 5.40. The zero-order valence-corrected chi connectivity index (χ0v) is 9.99. The van der Waals surface area contributed by atoms with Gasteiger partial charge in [-0.25, -0.2) is 0 Å². The maximum atomic E-state index is 11.6. The van der Waals surface area contributed by atoms with Gasteiger partial charge in [-0.15, -0.1) is 0 Å². The molecule has 5 N–H and O–H groups in total. The van der Waals surface area contributed by atoms with Crippen LogP contribution >= 0.6 is 0 Å². The number of amides is 2. The second-order valence-electron chi connectivity index (χ2n) is 4.28. The number of benzene rings is 1. The highest BCUT2D eigenvalue weighted by Crippen LogP contribution is 2.21. The van der Waals surface area contributed by atoms with Crippen molar-refractivity contribution in [2.45, 2.75) is 20.3 Å². The summed E-state index contributed by atoms with van der Waals surface area (Å²) in [6.07, 6.45) is 0.382. The Labute approximate surface area is 100 Å². The minimum atomic E-state index is -0.650. The molecule has 1 rings (SSSR count). The van der Waals surface area contributed by atoms with Crippen molar-refractivity contribution in [3.8, 4) is 0 Å². The van der Waals surface area contributed by atoms with Crippen LogP contribution in [0.5, 0.6) is 0 Å². The van der Waals surface area contributed by atoms with Crippen LogP contribution in [0.15, 0.2) is 18.2 Å². The van der Waals surface area contributed by atoms with Crippen LogP contribution in [0.3, 0.4) is 0 Å². The van der Waals surface area contributed by atoms with E-state index in [1.54, 1.807) is 18.2 Å². The molecule has 0 atom stereocenters. The van der Waals surface area contributed by atoms with Gasteiger partial charge in [0.25, 0.3) is 5.91 Å². The Hall–Kier alpha value is -2.04. The third kappa shape index (κ3) is 3.48. The molecular weight excluding hydrogens is 218 g/mol. The number of carbonyl (C=O) groups excluding carboxylic acids is 2. The summed E-state index contributed by atoms with van der Waals surface area (Å²) >= 11 is 0.